The number of nitrogens with zero attached hydrogens (tertiary/aromatic N) is 2. The minimum Gasteiger partial charge on any atom is -0.491 e. The maximum Gasteiger partial charge on any atom is 0.246 e. The van der Waals surface area contributed by atoms with Crippen molar-refractivity contribution < 1.29 is 19.1 Å². The van der Waals surface area contributed by atoms with Crippen molar-refractivity contribution in [2.45, 2.75) is 26.8 Å². The number of carbonyl (C=O) groups is 3. The summed E-state index contributed by atoms with van der Waals surface area (Å²) in [4.78, 5) is 38.8. The predicted molar refractivity (Wildman–Crippen MR) is 102 cm³/mol. The third kappa shape index (κ3) is 5.57. The number of hydrogen-bond donors (Lipinski definition) is 1. The summed E-state index contributed by atoms with van der Waals surface area (Å²) in [6.45, 7) is 10.3. The minimum atomic E-state index is -0.273. The summed E-state index contributed by atoms with van der Waals surface area (Å²) in [5.41, 5.74) is 2.09. The van der Waals surface area contributed by atoms with Crippen molar-refractivity contribution >= 4 is 17.7 Å². The van der Waals surface area contributed by atoms with Gasteiger partial charge in [0.25, 0.3) is 0 Å². The first-order valence-electron chi connectivity index (χ1n) is 8.99. The molecular weight excluding hydrogens is 346 g/mol. The van der Waals surface area contributed by atoms with Gasteiger partial charge in [0.1, 0.15) is 18.9 Å². The average Bonchev–Trinajstić information content (AvgIpc) is 2.62. The number of para-hydroxylation sites is 1. The Morgan fingerprint density at radius 2 is 1.96 bits per heavy atom. The molecular formula is C20H27N3O4. The lowest BCUT2D eigenvalue weighted by atomic mass is 10.1. The number of piperazine rings is 1. The molecule has 0 aliphatic carbocycles. The lowest BCUT2D eigenvalue weighted by Gasteiger charge is -2.33. The van der Waals surface area contributed by atoms with Crippen molar-refractivity contribution in [3.63, 3.8) is 0 Å². The monoisotopic (exact) mass is 373 g/mol. The molecule has 0 aromatic heterocycles. The lowest BCUT2D eigenvalue weighted by molar-refractivity contribution is -0.145. The Bertz CT molecular complexity index is 712. The molecule has 0 saturated carbocycles. The molecule has 1 heterocycles. The highest BCUT2D eigenvalue weighted by molar-refractivity contribution is 5.93. The smallest absolute Gasteiger partial charge is 0.246 e. The van der Waals surface area contributed by atoms with E-state index in [0.29, 0.717) is 19.7 Å². The first-order valence-corrected chi connectivity index (χ1v) is 8.99. The van der Waals surface area contributed by atoms with Crippen LogP contribution in [0.5, 0.6) is 5.75 Å². The molecule has 1 aliphatic heterocycles. The highest BCUT2D eigenvalue weighted by atomic mass is 16.5. The fraction of sp³-hybridized carbons (Fsp3) is 0.450. The zero-order valence-corrected chi connectivity index (χ0v) is 16.2. The first-order chi connectivity index (χ1) is 12.8. The summed E-state index contributed by atoms with van der Waals surface area (Å²) < 4.78 is 5.85. The van der Waals surface area contributed by atoms with Gasteiger partial charge in [0, 0.05) is 13.1 Å². The van der Waals surface area contributed by atoms with E-state index in [2.05, 4.69) is 11.9 Å². The van der Waals surface area contributed by atoms with Crippen molar-refractivity contribution in [2.75, 3.05) is 32.8 Å². The van der Waals surface area contributed by atoms with Crippen molar-refractivity contribution in [3.8, 4) is 5.75 Å². The Morgan fingerprint density at radius 1 is 1.30 bits per heavy atom. The van der Waals surface area contributed by atoms with Gasteiger partial charge in [-0.1, -0.05) is 24.8 Å². The molecule has 0 bridgehead atoms. The molecule has 1 N–H and O–H groups in total. The van der Waals surface area contributed by atoms with Gasteiger partial charge in [-0.3, -0.25) is 14.4 Å². The molecule has 1 aromatic carbocycles. The van der Waals surface area contributed by atoms with Crippen LogP contribution in [0, 0.1) is 13.8 Å². The highest BCUT2D eigenvalue weighted by Gasteiger charge is 2.27. The molecule has 7 heteroatoms. The highest BCUT2D eigenvalue weighted by Crippen LogP contribution is 2.22. The average molecular weight is 373 g/mol. The molecule has 0 spiro atoms. The van der Waals surface area contributed by atoms with Crippen LogP contribution in [0.1, 0.15) is 18.1 Å². The Balaban J connectivity index is 1.79. The fourth-order valence-electron chi connectivity index (χ4n) is 2.96. The van der Waals surface area contributed by atoms with E-state index >= 15 is 0 Å². The topological polar surface area (TPSA) is 79.0 Å². The zero-order valence-electron chi connectivity index (χ0n) is 16.2. The van der Waals surface area contributed by atoms with Crippen molar-refractivity contribution in [1.29, 1.82) is 0 Å². The van der Waals surface area contributed by atoms with Gasteiger partial charge < -0.3 is 19.9 Å². The van der Waals surface area contributed by atoms with Crippen LogP contribution in [0.4, 0.5) is 0 Å². The molecule has 2 rings (SSSR count). The molecule has 3 amide bonds. The van der Waals surface area contributed by atoms with Crippen molar-refractivity contribution in [2.24, 2.45) is 0 Å². The van der Waals surface area contributed by atoms with Crippen LogP contribution in [0.3, 0.4) is 0 Å². The van der Waals surface area contributed by atoms with Crippen LogP contribution in [0.15, 0.2) is 30.9 Å². The van der Waals surface area contributed by atoms with Gasteiger partial charge in [0.2, 0.25) is 17.7 Å². The molecule has 1 fully saturated rings. The predicted octanol–water partition coefficient (Wildman–Crippen LogP) is 1.04. The van der Waals surface area contributed by atoms with E-state index in [1.165, 1.54) is 15.9 Å². The van der Waals surface area contributed by atoms with Gasteiger partial charge in [-0.15, -0.1) is 0 Å². The van der Waals surface area contributed by atoms with Crippen LogP contribution >= 0.6 is 0 Å². The summed E-state index contributed by atoms with van der Waals surface area (Å²) in [7, 11) is 0. The molecule has 1 aromatic rings. The Morgan fingerprint density at radius 3 is 2.56 bits per heavy atom. The second-order valence-electron chi connectivity index (χ2n) is 6.78. The van der Waals surface area contributed by atoms with Crippen molar-refractivity contribution in [3.05, 3.63) is 42.0 Å². The van der Waals surface area contributed by atoms with E-state index in [9.17, 15) is 14.4 Å². The second kappa shape index (κ2) is 9.21. The third-order valence-electron chi connectivity index (χ3n) is 4.43. The number of aryl methyl sites for hydroxylation is 2. The van der Waals surface area contributed by atoms with Gasteiger partial charge in [-0.05, 0) is 38.0 Å². The molecule has 1 aliphatic rings. The molecule has 1 saturated heterocycles. The summed E-state index contributed by atoms with van der Waals surface area (Å²) in [6, 6.07) is 5.74. The van der Waals surface area contributed by atoms with E-state index < -0.39 is 0 Å². The van der Waals surface area contributed by atoms with Gasteiger partial charge in [-0.25, -0.2) is 0 Å². The van der Waals surface area contributed by atoms with Crippen LogP contribution in [0.25, 0.3) is 0 Å². The van der Waals surface area contributed by atoms with E-state index in [-0.39, 0.29) is 36.9 Å². The van der Waals surface area contributed by atoms with Crippen LogP contribution in [0.2, 0.25) is 0 Å². The van der Waals surface area contributed by atoms with Crippen LogP contribution < -0.4 is 10.1 Å². The maximum absolute atomic E-state index is 12.2. The number of carbonyl (C=O) groups excluding carboxylic acids is 3. The lowest BCUT2D eigenvalue weighted by Crippen LogP contribution is -2.54. The quantitative estimate of drug-likeness (QED) is 0.725. The number of rotatable bonds is 7. The Kier molecular flexibility index (Phi) is 6.98. The SMILES string of the molecule is C=CC(=O)N1CCN(CC(=O)NC(C)COc2c(C)cccc2C)C(=O)C1. The van der Waals surface area contributed by atoms with Crippen LogP contribution in [-0.2, 0) is 14.4 Å². The van der Waals surface area contributed by atoms with E-state index in [4.69, 9.17) is 4.74 Å². The van der Waals surface area contributed by atoms with E-state index in [1.807, 2.05) is 39.0 Å². The summed E-state index contributed by atoms with van der Waals surface area (Å²) in [5, 5.41) is 2.85. The molecule has 27 heavy (non-hydrogen) atoms. The number of hydrogen-bond acceptors (Lipinski definition) is 4. The number of ether oxygens (including phenoxy) is 1. The van der Waals surface area contributed by atoms with Crippen LogP contribution in [-0.4, -0.2) is 66.3 Å². The van der Waals surface area contributed by atoms with Crippen molar-refractivity contribution in [1.82, 2.24) is 15.1 Å². The molecule has 146 valence electrons. The van der Waals surface area contributed by atoms with Gasteiger partial charge in [0.05, 0.1) is 12.6 Å². The first kappa shape index (κ1) is 20.5. The molecule has 1 atom stereocenters. The zero-order chi connectivity index (χ0) is 20.0. The normalized spacial score (nSPS) is 15.3. The molecule has 1 unspecified atom stereocenters. The Labute approximate surface area is 160 Å². The Hall–Kier alpha value is -2.83. The number of amides is 3. The minimum absolute atomic E-state index is 0.0244. The summed E-state index contributed by atoms with van der Waals surface area (Å²) in [6.07, 6.45) is 1.19. The third-order valence-corrected chi connectivity index (χ3v) is 4.43. The number of benzene rings is 1. The summed E-state index contributed by atoms with van der Waals surface area (Å²) >= 11 is 0. The molecule has 7 nitrogen and oxygen atoms in total. The van der Waals surface area contributed by atoms with Gasteiger partial charge >= 0.3 is 0 Å². The maximum atomic E-state index is 12.2. The standard InChI is InChI=1S/C20H27N3O4/c1-5-18(25)23-10-9-22(19(26)12-23)11-17(24)21-16(4)13-27-20-14(2)7-6-8-15(20)3/h5-8,16H,1,9-13H2,2-4H3,(H,21,24). The second-order valence-corrected chi connectivity index (χ2v) is 6.78. The molecule has 0 radical (unpaired) electrons. The van der Waals surface area contributed by atoms with Gasteiger partial charge in [0.15, 0.2) is 0 Å². The number of nitrogens with one attached hydrogen (secondary N) is 1. The fourth-order valence-corrected chi connectivity index (χ4v) is 2.96. The van der Waals surface area contributed by atoms with E-state index in [1.54, 1.807) is 0 Å². The summed E-state index contributed by atoms with van der Waals surface area (Å²) in [5.74, 6) is 0.0667. The largest absolute Gasteiger partial charge is 0.491 e. The van der Waals surface area contributed by atoms with E-state index in [0.717, 1.165) is 16.9 Å². The van der Waals surface area contributed by atoms with Gasteiger partial charge in [-0.2, -0.15) is 0 Å².